The first kappa shape index (κ1) is 21.4. The summed E-state index contributed by atoms with van der Waals surface area (Å²) in [7, 11) is 1.67. The molecular weight excluding hydrogens is 368 g/mol. The van der Waals surface area contributed by atoms with Gasteiger partial charge < -0.3 is 9.47 Å². The molecule has 0 aliphatic heterocycles. The van der Waals surface area contributed by atoms with E-state index < -0.39 is 11.6 Å². The molecule has 0 bridgehead atoms. The largest absolute Gasteiger partial charge is 0.338 e. The minimum Gasteiger partial charge on any atom is -0.338 e. The maximum absolute atomic E-state index is 13.5. The van der Waals surface area contributed by atoms with Crippen molar-refractivity contribution in [2.45, 2.75) is 52.4 Å². The second kappa shape index (κ2) is 8.87. The van der Waals surface area contributed by atoms with Crippen LogP contribution < -0.4 is 0 Å². The SMILES string of the molecule is Cc1nc(SCC(=O)N(C)C(C)c2ccc(F)c(F)c2)n(CC(C)C)c1C. The van der Waals surface area contributed by atoms with Crippen LogP contribution in [0.3, 0.4) is 0 Å². The summed E-state index contributed by atoms with van der Waals surface area (Å²) in [6.07, 6.45) is 0. The number of carbonyl (C=O) groups is 1. The van der Waals surface area contributed by atoms with E-state index in [1.54, 1.807) is 18.9 Å². The average Bonchev–Trinajstić information content (AvgIpc) is 2.88. The maximum Gasteiger partial charge on any atom is 0.233 e. The lowest BCUT2D eigenvalue weighted by Crippen LogP contribution is -2.31. The molecule has 27 heavy (non-hydrogen) atoms. The molecule has 0 aliphatic carbocycles. The van der Waals surface area contributed by atoms with Gasteiger partial charge in [0.25, 0.3) is 0 Å². The topological polar surface area (TPSA) is 38.1 Å². The summed E-state index contributed by atoms with van der Waals surface area (Å²) in [6.45, 7) is 10.9. The Hall–Kier alpha value is -1.89. The van der Waals surface area contributed by atoms with E-state index >= 15 is 0 Å². The second-order valence-electron chi connectivity index (χ2n) is 7.21. The predicted octanol–water partition coefficient (Wildman–Crippen LogP) is 4.75. The summed E-state index contributed by atoms with van der Waals surface area (Å²) in [5, 5.41) is 0.834. The van der Waals surface area contributed by atoms with Gasteiger partial charge in [-0.1, -0.05) is 31.7 Å². The average molecular weight is 396 g/mol. The lowest BCUT2D eigenvalue weighted by molar-refractivity contribution is -0.128. The van der Waals surface area contributed by atoms with Crippen molar-refractivity contribution >= 4 is 17.7 Å². The van der Waals surface area contributed by atoms with Gasteiger partial charge in [-0.05, 0) is 44.4 Å². The van der Waals surface area contributed by atoms with Crippen molar-refractivity contribution in [3.63, 3.8) is 0 Å². The van der Waals surface area contributed by atoms with Gasteiger partial charge in [0.1, 0.15) is 0 Å². The summed E-state index contributed by atoms with van der Waals surface area (Å²) in [5.74, 6) is -1.18. The van der Waals surface area contributed by atoms with Gasteiger partial charge in [0, 0.05) is 19.3 Å². The van der Waals surface area contributed by atoms with Gasteiger partial charge >= 0.3 is 0 Å². The third-order valence-corrected chi connectivity index (χ3v) is 5.66. The van der Waals surface area contributed by atoms with Crippen LogP contribution in [0.15, 0.2) is 23.4 Å². The molecule has 0 fully saturated rings. The van der Waals surface area contributed by atoms with Crippen LogP contribution in [0.1, 0.15) is 43.8 Å². The zero-order chi connectivity index (χ0) is 20.3. The first-order valence-corrected chi connectivity index (χ1v) is 9.97. The van der Waals surface area contributed by atoms with Crippen LogP contribution >= 0.6 is 11.8 Å². The van der Waals surface area contributed by atoms with Crippen molar-refractivity contribution < 1.29 is 13.6 Å². The fourth-order valence-electron chi connectivity index (χ4n) is 2.75. The molecule has 2 rings (SSSR count). The molecule has 0 saturated heterocycles. The third-order valence-electron chi connectivity index (χ3n) is 4.70. The molecule has 1 aromatic heterocycles. The molecule has 1 unspecified atom stereocenters. The Labute approximate surface area is 164 Å². The monoisotopic (exact) mass is 395 g/mol. The summed E-state index contributed by atoms with van der Waals surface area (Å²) in [5.41, 5.74) is 2.64. The number of aromatic nitrogens is 2. The number of nitrogens with zero attached hydrogens (tertiary/aromatic N) is 3. The van der Waals surface area contributed by atoms with Gasteiger partial charge in [-0.2, -0.15) is 0 Å². The van der Waals surface area contributed by atoms with E-state index in [9.17, 15) is 13.6 Å². The Kier molecular flexibility index (Phi) is 7.03. The molecule has 2 aromatic rings. The number of amides is 1. The van der Waals surface area contributed by atoms with E-state index in [0.29, 0.717) is 11.5 Å². The highest BCUT2D eigenvalue weighted by atomic mass is 32.2. The molecule has 0 spiro atoms. The summed E-state index contributed by atoms with van der Waals surface area (Å²) >= 11 is 1.41. The molecule has 0 N–H and O–H groups in total. The number of benzene rings is 1. The van der Waals surface area contributed by atoms with Gasteiger partial charge in [-0.15, -0.1) is 0 Å². The highest BCUT2D eigenvalue weighted by Crippen LogP contribution is 2.25. The first-order valence-electron chi connectivity index (χ1n) is 8.99. The smallest absolute Gasteiger partial charge is 0.233 e. The third kappa shape index (κ3) is 5.09. The lowest BCUT2D eigenvalue weighted by atomic mass is 10.1. The summed E-state index contributed by atoms with van der Waals surface area (Å²) in [4.78, 5) is 18.7. The van der Waals surface area contributed by atoms with Gasteiger partial charge in [0.05, 0.1) is 17.5 Å². The Morgan fingerprint density at radius 3 is 2.48 bits per heavy atom. The molecular formula is C20H27F2N3OS. The van der Waals surface area contributed by atoms with E-state index in [1.807, 2.05) is 13.8 Å². The minimum atomic E-state index is -0.906. The number of aryl methyl sites for hydroxylation is 1. The van der Waals surface area contributed by atoms with Gasteiger partial charge in [-0.25, -0.2) is 13.8 Å². The number of carbonyl (C=O) groups excluding carboxylic acids is 1. The summed E-state index contributed by atoms with van der Waals surface area (Å²) < 4.78 is 28.7. The summed E-state index contributed by atoms with van der Waals surface area (Å²) in [6, 6.07) is 3.37. The van der Waals surface area contributed by atoms with Crippen molar-refractivity contribution in [3.8, 4) is 0 Å². The molecule has 4 nitrogen and oxygen atoms in total. The fraction of sp³-hybridized carbons (Fsp3) is 0.500. The van der Waals surface area contributed by atoms with Crippen LogP contribution in [0, 0.1) is 31.4 Å². The van der Waals surface area contributed by atoms with E-state index in [0.717, 1.165) is 35.2 Å². The Bertz CT molecular complexity index is 820. The van der Waals surface area contributed by atoms with Gasteiger partial charge in [0.2, 0.25) is 5.91 Å². The molecule has 1 atom stereocenters. The maximum atomic E-state index is 13.5. The van der Waals surface area contributed by atoms with Gasteiger partial charge in [-0.3, -0.25) is 4.79 Å². The van der Waals surface area contributed by atoms with Crippen molar-refractivity contribution in [2.75, 3.05) is 12.8 Å². The van der Waals surface area contributed by atoms with Crippen LogP contribution in [0.25, 0.3) is 0 Å². The molecule has 0 radical (unpaired) electrons. The van der Waals surface area contributed by atoms with Crippen molar-refractivity contribution in [3.05, 3.63) is 46.8 Å². The highest BCUT2D eigenvalue weighted by Gasteiger charge is 2.20. The van der Waals surface area contributed by atoms with Crippen LogP contribution in [0.2, 0.25) is 0 Å². The minimum absolute atomic E-state index is 0.0911. The standard InChI is InChI=1S/C20H27F2N3OS/c1-12(2)10-25-14(4)13(3)23-20(25)27-11-19(26)24(6)15(5)16-7-8-17(21)18(22)9-16/h7-9,12,15H,10-11H2,1-6H3. The normalized spacial score (nSPS) is 12.5. The quantitative estimate of drug-likeness (QED) is 0.635. The molecule has 1 heterocycles. The van der Waals surface area contributed by atoms with Gasteiger partial charge in [0.15, 0.2) is 16.8 Å². The predicted molar refractivity (Wildman–Crippen MR) is 105 cm³/mol. The molecule has 0 aliphatic rings. The Morgan fingerprint density at radius 1 is 1.22 bits per heavy atom. The number of thioether (sulfide) groups is 1. The number of rotatable bonds is 7. The van der Waals surface area contributed by atoms with Crippen LogP contribution in [0.5, 0.6) is 0 Å². The number of imidazole rings is 1. The Morgan fingerprint density at radius 2 is 1.89 bits per heavy atom. The zero-order valence-corrected chi connectivity index (χ0v) is 17.5. The number of halogens is 2. The van der Waals surface area contributed by atoms with E-state index in [4.69, 9.17) is 0 Å². The molecule has 148 valence electrons. The fourth-order valence-corrected chi connectivity index (χ4v) is 3.78. The van der Waals surface area contributed by atoms with Crippen LogP contribution in [-0.4, -0.2) is 33.2 Å². The molecule has 1 amide bonds. The van der Waals surface area contributed by atoms with Crippen molar-refractivity contribution in [1.29, 1.82) is 0 Å². The zero-order valence-electron chi connectivity index (χ0n) is 16.7. The Balaban J connectivity index is 2.06. The van der Waals surface area contributed by atoms with Crippen LogP contribution in [-0.2, 0) is 11.3 Å². The molecule has 0 saturated carbocycles. The lowest BCUT2D eigenvalue weighted by Gasteiger charge is -2.25. The second-order valence-corrected chi connectivity index (χ2v) is 8.15. The van der Waals surface area contributed by atoms with E-state index in [2.05, 4.69) is 23.4 Å². The van der Waals surface area contributed by atoms with Crippen LogP contribution in [0.4, 0.5) is 8.78 Å². The first-order chi connectivity index (χ1) is 12.6. The molecule has 7 heteroatoms. The highest BCUT2D eigenvalue weighted by molar-refractivity contribution is 7.99. The van der Waals surface area contributed by atoms with E-state index in [1.165, 1.54) is 17.8 Å². The van der Waals surface area contributed by atoms with E-state index in [-0.39, 0.29) is 17.7 Å². The number of hydrogen-bond donors (Lipinski definition) is 0. The van der Waals surface area contributed by atoms with Crippen molar-refractivity contribution in [1.82, 2.24) is 14.5 Å². The van der Waals surface area contributed by atoms with Crippen molar-refractivity contribution in [2.24, 2.45) is 5.92 Å². The molecule has 1 aromatic carbocycles. The number of hydrogen-bond acceptors (Lipinski definition) is 3.